The van der Waals surface area contributed by atoms with Crippen molar-refractivity contribution in [2.24, 2.45) is 0 Å². The van der Waals surface area contributed by atoms with Crippen molar-refractivity contribution in [2.75, 3.05) is 26.2 Å². The van der Waals surface area contributed by atoms with E-state index in [0.29, 0.717) is 0 Å². The Balaban J connectivity index is 1.70. The van der Waals surface area contributed by atoms with Gasteiger partial charge >= 0.3 is 0 Å². The first-order chi connectivity index (χ1) is 6.86. The van der Waals surface area contributed by atoms with Gasteiger partial charge in [0.2, 0.25) is 0 Å². The molecule has 4 heteroatoms. The molecular weight excluding hydrogens is 196 g/mol. The fourth-order valence-electron chi connectivity index (χ4n) is 1.70. The van der Waals surface area contributed by atoms with E-state index in [0.717, 1.165) is 23.9 Å². The molecule has 1 saturated heterocycles. The Labute approximate surface area is 88.7 Å². The summed E-state index contributed by atoms with van der Waals surface area (Å²) in [6, 6.07) is 0. The molecule has 0 aromatic carbocycles. The van der Waals surface area contributed by atoms with Gasteiger partial charge in [0.1, 0.15) is 6.61 Å². The molecule has 1 aliphatic heterocycles. The zero-order valence-corrected chi connectivity index (χ0v) is 9.35. The first-order valence-electron chi connectivity index (χ1n) is 5.11. The average Bonchev–Trinajstić information content (AvgIpc) is 2.78. The van der Waals surface area contributed by atoms with Gasteiger partial charge in [0.25, 0.3) is 0 Å². The van der Waals surface area contributed by atoms with Crippen LogP contribution in [-0.4, -0.2) is 36.1 Å². The van der Waals surface area contributed by atoms with E-state index in [-0.39, 0.29) is 0 Å². The van der Waals surface area contributed by atoms with Crippen molar-refractivity contribution < 1.29 is 4.74 Å². The fraction of sp³-hybridized carbons (Fsp3) is 0.700. The highest BCUT2D eigenvalue weighted by Crippen LogP contribution is 2.21. The van der Waals surface area contributed by atoms with E-state index >= 15 is 0 Å². The number of rotatable bonds is 4. The van der Waals surface area contributed by atoms with Crippen molar-refractivity contribution in [3.8, 4) is 5.06 Å². The van der Waals surface area contributed by atoms with E-state index in [1.165, 1.54) is 25.9 Å². The molecule has 0 aliphatic carbocycles. The molecule has 1 fully saturated rings. The van der Waals surface area contributed by atoms with Gasteiger partial charge in [-0.25, -0.2) is 4.98 Å². The Morgan fingerprint density at radius 3 is 2.93 bits per heavy atom. The highest BCUT2D eigenvalue weighted by atomic mass is 32.1. The lowest BCUT2D eigenvalue weighted by Crippen LogP contribution is -2.24. The van der Waals surface area contributed by atoms with Gasteiger partial charge in [-0.2, -0.15) is 0 Å². The number of likely N-dealkylation sites (tertiary alicyclic amines) is 1. The van der Waals surface area contributed by atoms with Crippen LogP contribution in [0.5, 0.6) is 5.06 Å². The van der Waals surface area contributed by atoms with Crippen molar-refractivity contribution in [3.63, 3.8) is 0 Å². The summed E-state index contributed by atoms with van der Waals surface area (Å²) in [5.41, 5.74) is 2.84. The number of hydrogen-bond acceptors (Lipinski definition) is 4. The molecule has 0 bridgehead atoms. The summed E-state index contributed by atoms with van der Waals surface area (Å²) in [5.74, 6) is 0. The molecule has 0 amide bonds. The van der Waals surface area contributed by atoms with Gasteiger partial charge in [-0.3, -0.25) is 4.90 Å². The number of aryl methyl sites for hydroxylation is 1. The first kappa shape index (κ1) is 9.93. The largest absolute Gasteiger partial charge is 0.481 e. The van der Waals surface area contributed by atoms with Gasteiger partial charge in [0.05, 0.1) is 11.2 Å². The summed E-state index contributed by atoms with van der Waals surface area (Å²) in [6.45, 7) is 6.32. The minimum Gasteiger partial charge on any atom is -0.481 e. The normalized spacial score (nSPS) is 17.5. The zero-order chi connectivity index (χ0) is 9.80. The summed E-state index contributed by atoms with van der Waals surface area (Å²) >= 11 is 1.58. The molecule has 0 radical (unpaired) electrons. The lowest BCUT2D eigenvalue weighted by Gasteiger charge is -2.14. The Hall–Kier alpha value is -0.610. The maximum absolute atomic E-state index is 5.65. The Kier molecular flexibility index (Phi) is 3.37. The quantitative estimate of drug-likeness (QED) is 0.762. The van der Waals surface area contributed by atoms with Crippen LogP contribution in [-0.2, 0) is 0 Å². The van der Waals surface area contributed by atoms with Crippen LogP contribution in [0.4, 0.5) is 0 Å². The summed E-state index contributed by atoms with van der Waals surface area (Å²) in [7, 11) is 0. The topological polar surface area (TPSA) is 25.4 Å². The minimum atomic E-state index is 0.795. The minimum absolute atomic E-state index is 0.795. The Morgan fingerprint density at radius 2 is 2.29 bits per heavy atom. The third kappa shape index (κ3) is 2.45. The monoisotopic (exact) mass is 212 g/mol. The fourth-order valence-corrected chi connectivity index (χ4v) is 2.38. The van der Waals surface area contributed by atoms with E-state index in [4.69, 9.17) is 4.74 Å². The van der Waals surface area contributed by atoms with Crippen LogP contribution in [0.25, 0.3) is 0 Å². The molecule has 2 rings (SSSR count). The average molecular weight is 212 g/mol. The highest BCUT2D eigenvalue weighted by molar-refractivity contribution is 7.11. The molecule has 0 spiro atoms. The van der Waals surface area contributed by atoms with Crippen LogP contribution in [0, 0.1) is 6.92 Å². The summed E-state index contributed by atoms with van der Waals surface area (Å²) in [5, 5.41) is 0.976. The number of thiazole rings is 1. The Bertz CT molecular complexity index is 281. The summed E-state index contributed by atoms with van der Waals surface area (Å²) in [6.07, 6.45) is 2.69. The predicted octanol–water partition coefficient (Wildman–Crippen LogP) is 1.93. The maximum Gasteiger partial charge on any atom is 0.196 e. The van der Waals surface area contributed by atoms with E-state index < -0.39 is 0 Å². The van der Waals surface area contributed by atoms with E-state index in [2.05, 4.69) is 9.88 Å². The summed E-state index contributed by atoms with van der Waals surface area (Å²) in [4.78, 5) is 6.60. The van der Waals surface area contributed by atoms with Crippen LogP contribution in [0.1, 0.15) is 18.5 Å². The van der Waals surface area contributed by atoms with Crippen molar-refractivity contribution >= 4 is 11.3 Å². The smallest absolute Gasteiger partial charge is 0.196 e. The van der Waals surface area contributed by atoms with Gasteiger partial charge in [-0.05, 0) is 32.9 Å². The van der Waals surface area contributed by atoms with Crippen LogP contribution in [0.3, 0.4) is 0 Å². The lowest BCUT2D eigenvalue weighted by molar-refractivity contribution is 0.241. The van der Waals surface area contributed by atoms with Gasteiger partial charge < -0.3 is 4.74 Å². The molecule has 0 atom stereocenters. The summed E-state index contributed by atoms with van der Waals surface area (Å²) < 4.78 is 5.65. The van der Waals surface area contributed by atoms with Crippen LogP contribution < -0.4 is 4.74 Å². The predicted molar refractivity (Wildman–Crippen MR) is 58.0 cm³/mol. The third-order valence-corrected chi connectivity index (χ3v) is 3.38. The van der Waals surface area contributed by atoms with E-state index in [9.17, 15) is 0 Å². The molecule has 0 saturated carbocycles. The zero-order valence-electron chi connectivity index (χ0n) is 8.53. The van der Waals surface area contributed by atoms with Gasteiger partial charge in [0, 0.05) is 6.54 Å². The molecule has 14 heavy (non-hydrogen) atoms. The maximum atomic E-state index is 5.65. The SMILES string of the molecule is Cc1ncsc1OCCN1CCCC1. The molecule has 0 unspecified atom stereocenters. The van der Waals surface area contributed by atoms with Crippen molar-refractivity contribution in [1.29, 1.82) is 0 Å². The second-order valence-electron chi connectivity index (χ2n) is 3.62. The molecule has 1 aromatic rings. The van der Waals surface area contributed by atoms with Crippen molar-refractivity contribution in [3.05, 3.63) is 11.2 Å². The van der Waals surface area contributed by atoms with Crippen LogP contribution in [0.2, 0.25) is 0 Å². The molecule has 1 aliphatic rings. The lowest BCUT2D eigenvalue weighted by atomic mass is 10.4. The molecule has 2 heterocycles. The molecular formula is C10H16N2OS. The molecule has 3 nitrogen and oxygen atoms in total. The highest BCUT2D eigenvalue weighted by Gasteiger charge is 2.11. The number of hydrogen-bond donors (Lipinski definition) is 0. The van der Waals surface area contributed by atoms with Gasteiger partial charge in [0.15, 0.2) is 5.06 Å². The van der Waals surface area contributed by atoms with Crippen LogP contribution in [0.15, 0.2) is 5.51 Å². The second-order valence-corrected chi connectivity index (χ2v) is 4.44. The number of nitrogens with zero attached hydrogens (tertiary/aromatic N) is 2. The van der Waals surface area contributed by atoms with Crippen molar-refractivity contribution in [1.82, 2.24) is 9.88 Å². The number of aromatic nitrogens is 1. The molecule has 78 valence electrons. The van der Waals surface area contributed by atoms with E-state index in [1.807, 2.05) is 12.4 Å². The van der Waals surface area contributed by atoms with Gasteiger partial charge in [-0.1, -0.05) is 11.3 Å². The molecule has 1 aromatic heterocycles. The molecule has 0 N–H and O–H groups in total. The van der Waals surface area contributed by atoms with Crippen LogP contribution >= 0.6 is 11.3 Å². The van der Waals surface area contributed by atoms with Crippen molar-refractivity contribution in [2.45, 2.75) is 19.8 Å². The Morgan fingerprint density at radius 1 is 1.50 bits per heavy atom. The van der Waals surface area contributed by atoms with Gasteiger partial charge in [-0.15, -0.1) is 0 Å². The van der Waals surface area contributed by atoms with E-state index in [1.54, 1.807) is 11.3 Å². The first-order valence-corrected chi connectivity index (χ1v) is 5.99. The number of ether oxygens (including phenoxy) is 1. The third-order valence-electron chi connectivity index (χ3n) is 2.54. The standard InChI is InChI=1S/C10H16N2OS/c1-9-10(14-8-11-9)13-7-6-12-4-2-3-5-12/h8H,2-7H2,1H3. The second kappa shape index (κ2) is 4.75.